The van der Waals surface area contributed by atoms with Crippen LogP contribution in [0, 0.1) is 5.92 Å². The lowest BCUT2D eigenvalue weighted by Gasteiger charge is -2.39. The van der Waals surface area contributed by atoms with Gasteiger partial charge < -0.3 is 5.32 Å². The van der Waals surface area contributed by atoms with Gasteiger partial charge in [-0.1, -0.05) is 67.1 Å². The molecule has 1 fully saturated rings. The molecule has 36 heavy (non-hydrogen) atoms. The second-order valence-corrected chi connectivity index (χ2v) is 12.4. The van der Waals surface area contributed by atoms with Crippen LogP contribution in [0.5, 0.6) is 0 Å². The summed E-state index contributed by atoms with van der Waals surface area (Å²) in [6.07, 6.45) is 8.54. The van der Waals surface area contributed by atoms with Crippen LogP contribution in [-0.2, 0) is 10.0 Å². The Labute approximate surface area is 212 Å². The lowest BCUT2D eigenvalue weighted by Crippen LogP contribution is -2.36. The van der Waals surface area contributed by atoms with Crippen molar-refractivity contribution in [3.8, 4) is 0 Å². The fraction of sp³-hybridized carbons (Fsp3) is 0.290. The molecule has 5 heteroatoms. The monoisotopic (exact) mass is 494 g/mol. The molecule has 3 atom stereocenters. The number of nitrogens with zero attached hydrogens (tertiary/aromatic N) is 1. The topological polar surface area (TPSA) is 49.4 Å². The van der Waals surface area contributed by atoms with Crippen LogP contribution in [-0.4, -0.2) is 25.8 Å². The fourth-order valence-electron chi connectivity index (χ4n) is 6.66. The Hall–Kier alpha value is -3.15. The Morgan fingerprint density at radius 1 is 0.806 bits per heavy atom. The van der Waals surface area contributed by atoms with E-state index < -0.39 is 10.0 Å². The predicted octanol–water partition coefficient (Wildman–Crippen LogP) is 6.99. The lowest BCUT2D eigenvalue weighted by atomic mass is 9.75. The standard InChI is InChI=1S/C31H30N2O2S/c34-36(35,33-17-6-1-7-18-33)23-15-16-29-28(20-23)26-13-8-14-27(26)31(32-29)30-24-11-4-2-9-21(24)19-22-10-3-5-12-25(22)30/h2-5,8-13,15-16,19-20,26-27,31-32H,1,6-7,14,17-18H2. The van der Waals surface area contributed by atoms with E-state index in [0.717, 1.165) is 36.9 Å². The van der Waals surface area contributed by atoms with Crippen LogP contribution < -0.4 is 5.32 Å². The highest BCUT2D eigenvalue weighted by molar-refractivity contribution is 7.89. The average Bonchev–Trinajstić information content (AvgIpc) is 3.42. The van der Waals surface area contributed by atoms with Crippen molar-refractivity contribution in [2.45, 2.75) is 42.5 Å². The van der Waals surface area contributed by atoms with E-state index in [1.165, 1.54) is 27.1 Å². The molecule has 2 heterocycles. The third-order valence-corrected chi connectivity index (χ3v) is 10.3. The van der Waals surface area contributed by atoms with Crippen molar-refractivity contribution in [1.82, 2.24) is 4.31 Å². The van der Waals surface area contributed by atoms with Crippen LogP contribution in [0.4, 0.5) is 5.69 Å². The number of piperidine rings is 1. The summed E-state index contributed by atoms with van der Waals surface area (Å²) in [6, 6.07) is 25.5. The minimum Gasteiger partial charge on any atom is -0.378 e. The zero-order valence-corrected chi connectivity index (χ0v) is 21.0. The van der Waals surface area contributed by atoms with E-state index in [9.17, 15) is 8.42 Å². The molecule has 3 unspecified atom stereocenters. The molecule has 182 valence electrons. The maximum atomic E-state index is 13.4. The van der Waals surface area contributed by atoms with Crippen LogP contribution in [0.1, 0.15) is 48.8 Å². The summed E-state index contributed by atoms with van der Waals surface area (Å²) in [5, 5.41) is 8.96. The number of fused-ring (bicyclic) bond motifs is 5. The Morgan fingerprint density at radius 3 is 2.22 bits per heavy atom. The molecule has 3 aliphatic rings. The van der Waals surface area contributed by atoms with Crippen molar-refractivity contribution >= 4 is 37.3 Å². The van der Waals surface area contributed by atoms with Crippen molar-refractivity contribution in [1.29, 1.82) is 0 Å². The number of sulfonamides is 1. The quantitative estimate of drug-likeness (QED) is 0.247. The summed E-state index contributed by atoms with van der Waals surface area (Å²) in [6.45, 7) is 1.25. The molecule has 2 aliphatic heterocycles. The van der Waals surface area contributed by atoms with Crippen LogP contribution in [0.15, 0.2) is 89.8 Å². The molecule has 7 rings (SSSR count). The zero-order chi connectivity index (χ0) is 24.3. The molecule has 1 N–H and O–H groups in total. The number of allylic oxidation sites excluding steroid dienone is 2. The maximum Gasteiger partial charge on any atom is 0.243 e. The minimum atomic E-state index is -3.47. The number of nitrogens with one attached hydrogen (secondary N) is 1. The van der Waals surface area contributed by atoms with Crippen LogP contribution >= 0.6 is 0 Å². The van der Waals surface area contributed by atoms with E-state index in [1.807, 2.05) is 12.1 Å². The van der Waals surface area contributed by atoms with Gasteiger partial charge in [0.1, 0.15) is 0 Å². The van der Waals surface area contributed by atoms with Crippen LogP contribution in [0.3, 0.4) is 0 Å². The van der Waals surface area contributed by atoms with Gasteiger partial charge in [0.15, 0.2) is 0 Å². The molecule has 0 bridgehead atoms. The van der Waals surface area contributed by atoms with Gasteiger partial charge in [0.2, 0.25) is 10.0 Å². The summed E-state index contributed by atoms with van der Waals surface area (Å²) in [4.78, 5) is 0.429. The second-order valence-electron chi connectivity index (χ2n) is 10.4. The highest BCUT2D eigenvalue weighted by Gasteiger charge is 2.40. The maximum absolute atomic E-state index is 13.4. The first-order valence-corrected chi connectivity index (χ1v) is 14.5. The van der Waals surface area contributed by atoms with Crippen molar-refractivity contribution < 1.29 is 8.42 Å². The smallest absolute Gasteiger partial charge is 0.243 e. The van der Waals surface area contributed by atoms with Gasteiger partial charge in [-0.25, -0.2) is 8.42 Å². The van der Waals surface area contributed by atoms with Gasteiger partial charge in [0.25, 0.3) is 0 Å². The van der Waals surface area contributed by atoms with Crippen molar-refractivity contribution in [3.63, 3.8) is 0 Å². The van der Waals surface area contributed by atoms with Gasteiger partial charge in [-0.15, -0.1) is 0 Å². The Kier molecular flexibility index (Phi) is 5.19. The van der Waals surface area contributed by atoms with Gasteiger partial charge in [-0.2, -0.15) is 4.31 Å². The molecule has 1 saturated heterocycles. The van der Waals surface area contributed by atoms with Gasteiger partial charge in [0, 0.05) is 24.7 Å². The molecule has 0 spiro atoms. The molecule has 0 radical (unpaired) electrons. The highest BCUT2D eigenvalue weighted by Crippen LogP contribution is 2.52. The Bertz CT molecular complexity index is 1560. The van der Waals surface area contributed by atoms with Crippen molar-refractivity contribution in [2.75, 3.05) is 18.4 Å². The molecule has 0 aromatic heterocycles. The van der Waals surface area contributed by atoms with Gasteiger partial charge in [-0.05, 0) is 82.1 Å². The average molecular weight is 495 g/mol. The first-order chi connectivity index (χ1) is 17.6. The van der Waals surface area contributed by atoms with Gasteiger partial charge >= 0.3 is 0 Å². The number of hydrogen-bond donors (Lipinski definition) is 1. The molecule has 4 aromatic rings. The molecular weight excluding hydrogens is 464 g/mol. The zero-order valence-electron chi connectivity index (χ0n) is 20.2. The third kappa shape index (κ3) is 3.40. The minimum absolute atomic E-state index is 0.137. The Balaban J connectivity index is 1.36. The number of rotatable bonds is 3. The molecule has 4 nitrogen and oxygen atoms in total. The number of benzene rings is 4. The van der Waals surface area contributed by atoms with E-state index in [-0.39, 0.29) is 12.0 Å². The van der Waals surface area contributed by atoms with Crippen molar-refractivity contribution in [3.05, 3.63) is 96.1 Å². The van der Waals surface area contributed by atoms with Gasteiger partial charge in [-0.3, -0.25) is 0 Å². The van der Waals surface area contributed by atoms with E-state index in [4.69, 9.17) is 0 Å². The van der Waals surface area contributed by atoms with E-state index in [0.29, 0.717) is 23.9 Å². The molecule has 4 aromatic carbocycles. The first kappa shape index (κ1) is 22.1. The first-order valence-electron chi connectivity index (χ1n) is 13.1. The van der Waals surface area contributed by atoms with E-state index in [1.54, 1.807) is 10.4 Å². The number of hydrogen-bond acceptors (Lipinski definition) is 3. The molecule has 0 amide bonds. The third-order valence-electron chi connectivity index (χ3n) is 8.41. The SMILES string of the molecule is O=S(=O)(c1ccc2c(c1)C1C=CCC1C(c1c3ccccc3cc3ccccc13)N2)N1CCCCC1. The summed E-state index contributed by atoms with van der Waals surface area (Å²) in [7, 11) is -3.47. The van der Waals surface area contributed by atoms with E-state index >= 15 is 0 Å². The highest BCUT2D eigenvalue weighted by atomic mass is 32.2. The normalized spacial score (nSPS) is 23.9. The van der Waals surface area contributed by atoms with Crippen LogP contribution in [0.25, 0.3) is 21.5 Å². The summed E-state index contributed by atoms with van der Waals surface area (Å²) in [5.41, 5.74) is 3.49. The summed E-state index contributed by atoms with van der Waals surface area (Å²) < 4.78 is 28.5. The fourth-order valence-corrected chi connectivity index (χ4v) is 8.21. The molecule has 1 aliphatic carbocycles. The second kappa shape index (κ2) is 8.46. The van der Waals surface area contributed by atoms with Crippen molar-refractivity contribution in [2.24, 2.45) is 5.92 Å². The largest absolute Gasteiger partial charge is 0.378 e. The molecular formula is C31H30N2O2S. The predicted molar refractivity (Wildman–Crippen MR) is 147 cm³/mol. The lowest BCUT2D eigenvalue weighted by molar-refractivity contribution is 0.346. The van der Waals surface area contributed by atoms with Crippen LogP contribution in [0.2, 0.25) is 0 Å². The molecule has 0 saturated carbocycles. The summed E-state index contributed by atoms with van der Waals surface area (Å²) in [5.74, 6) is 0.528. The summed E-state index contributed by atoms with van der Waals surface area (Å²) >= 11 is 0. The Morgan fingerprint density at radius 2 is 1.50 bits per heavy atom. The van der Waals surface area contributed by atoms with Gasteiger partial charge in [0.05, 0.1) is 10.9 Å². The number of anilines is 1. The van der Waals surface area contributed by atoms with E-state index in [2.05, 4.69) is 72.1 Å².